The van der Waals surface area contributed by atoms with Gasteiger partial charge < -0.3 is 18.9 Å². The van der Waals surface area contributed by atoms with E-state index in [1.165, 1.54) is 27.4 Å². The lowest BCUT2D eigenvalue weighted by atomic mass is 10.3. The summed E-state index contributed by atoms with van der Waals surface area (Å²) in [6, 6.07) is 0. The monoisotopic (exact) mass is 188 g/mol. The molecule has 1 aliphatic heterocycles. The minimum absolute atomic E-state index is 0.415. The van der Waals surface area contributed by atoms with E-state index in [9.17, 15) is 4.79 Å². The molecule has 0 aromatic heterocycles. The van der Waals surface area contributed by atoms with Crippen molar-refractivity contribution in [2.45, 2.75) is 12.4 Å². The molecular weight excluding hydrogens is 176 g/mol. The zero-order valence-electron chi connectivity index (χ0n) is 7.77. The third kappa shape index (κ3) is 1.99. The fraction of sp³-hybridized carbons (Fsp3) is 0.625. The van der Waals surface area contributed by atoms with Crippen LogP contribution < -0.4 is 0 Å². The lowest BCUT2D eigenvalue weighted by Crippen LogP contribution is -2.32. The highest BCUT2D eigenvalue weighted by molar-refractivity contribution is 5.85. The highest BCUT2D eigenvalue weighted by Crippen LogP contribution is 2.21. The average molecular weight is 188 g/mol. The van der Waals surface area contributed by atoms with Crippen molar-refractivity contribution in [3.8, 4) is 0 Å². The van der Waals surface area contributed by atoms with E-state index in [-0.39, 0.29) is 0 Å². The van der Waals surface area contributed by atoms with E-state index in [4.69, 9.17) is 18.9 Å². The van der Waals surface area contributed by atoms with Crippen LogP contribution in [0.15, 0.2) is 11.8 Å². The van der Waals surface area contributed by atoms with Gasteiger partial charge in [-0.05, 0) is 0 Å². The summed E-state index contributed by atoms with van der Waals surface area (Å²) in [6.45, 7) is 0. The van der Waals surface area contributed by atoms with Crippen LogP contribution >= 0.6 is 0 Å². The van der Waals surface area contributed by atoms with Crippen LogP contribution in [0.4, 0.5) is 0 Å². The van der Waals surface area contributed by atoms with Crippen molar-refractivity contribution in [2.75, 3.05) is 21.3 Å². The minimum Gasteiger partial charge on any atom is -0.497 e. The van der Waals surface area contributed by atoms with Crippen LogP contribution in [0.2, 0.25) is 0 Å². The van der Waals surface area contributed by atoms with Gasteiger partial charge in [-0.2, -0.15) is 0 Å². The molecule has 0 saturated heterocycles. The Morgan fingerprint density at radius 2 is 2.00 bits per heavy atom. The lowest BCUT2D eigenvalue weighted by Gasteiger charge is -2.21. The van der Waals surface area contributed by atoms with E-state index in [0.717, 1.165) is 0 Å². The Balaban J connectivity index is 2.70. The SMILES string of the molecule is COC1=CC(=O)OC1C(OC)OC. The third-order valence-electron chi connectivity index (χ3n) is 1.73. The lowest BCUT2D eigenvalue weighted by molar-refractivity contribution is -0.180. The van der Waals surface area contributed by atoms with Crippen molar-refractivity contribution in [1.29, 1.82) is 0 Å². The molecule has 0 aromatic rings. The van der Waals surface area contributed by atoms with Gasteiger partial charge in [0.05, 0.1) is 13.2 Å². The summed E-state index contributed by atoms with van der Waals surface area (Å²) in [4.78, 5) is 10.9. The van der Waals surface area contributed by atoms with Gasteiger partial charge in [0.25, 0.3) is 0 Å². The van der Waals surface area contributed by atoms with E-state index >= 15 is 0 Å². The Hall–Kier alpha value is -1.07. The molecule has 0 radical (unpaired) electrons. The maximum Gasteiger partial charge on any atom is 0.335 e. The highest BCUT2D eigenvalue weighted by atomic mass is 16.7. The number of methoxy groups -OCH3 is 3. The Bertz CT molecular complexity index is 219. The summed E-state index contributed by atoms with van der Waals surface area (Å²) in [7, 11) is 4.39. The quantitative estimate of drug-likeness (QED) is 0.461. The summed E-state index contributed by atoms with van der Waals surface area (Å²) >= 11 is 0. The zero-order valence-corrected chi connectivity index (χ0v) is 7.77. The zero-order chi connectivity index (χ0) is 9.84. The predicted octanol–water partition coefficient (Wildman–Crippen LogP) is 0.0610. The van der Waals surface area contributed by atoms with Gasteiger partial charge in [0.15, 0.2) is 0 Å². The second-order valence-electron chi connectivity index (χ2n) is 2.45. The number of carbonyl (C=O) groups excluding carboxylic acids is 1. The minimum atomic E-state index is -0.627. The molecule has 0 aliphatic carbocycles. The van der Waals surface area contributed by atoms with Crippen LogP contribution in [0, 0.1) is 0 Å². The van der Waals surface area contributed by atoms with Gasteiger partial charge >= 0.3 is 5.97 Å². The molecule has 0 N–H and O–H groups in total. The number of rotatable bonds is 4. The number of hydrogen-bond acceptors (Lipinski definition) is 5. The molecular formula is C8H12O5. The van der Waals surface area contributed by atoms with Crippen molar-refractivity contribution in [1.82, 2.24) is 0 Å². The molecule has 0 bridgehead atoms. The Labute approximate surface area is 76.2 Å². The molecule has 1 rings (SSSR count). The van der Waals surface area contributed by atoms with Gasteiger partial charge in [0.1, 0.15) is 5.76 Å². The largest absolute Gasteiger partial charge is 0.497 e. The van der Waals surface area contributed by atoms with Crippen LogP contribution in [-0.2, 0) is 23.7 Å². The highest BCUT2D eigenvalue weighted by Gasteiger charge is 2.35. The number of carbonyl (C=O) groups is 1. The van der Waals surface area contributed by atoms with E-state index in [1.807, 2.05) is 0 Å². The molecule has 5 nitrogen and oxygen atoms in total. The molecule has 1 aliphatic rings. The van der Waals surface area contributed by atoms with Gasteiger partial charge in [0, 0.05) is 14.2 Å². The van der Waals surface area contributed by atoms with Crippen molar-refractivity contribution in [3.63, 3.8) is 0 Å². The fourth-order valence-corrected chi connectivity index (χ4v) is 1.12. The van der Waals surface area contributed by atoms with Crippen LogP contribution in [0.3, 0.4) is 0 Å². The number of hydrogen-bond donors (Lipinski definition) is 0. The molecule has 1 heterocycles. The summed E-state index contributed by atoms with van der Waals surface area (Å²) in [6.07, 6.45) is 0.0422. The average Bonchev–Trinajstić information content (AvgIpc) is 2.49. The third-order valence-corrected chi connectivity index (χ3v) is 1.73. The first kappa shape index (κ1) is 10.0. The Morgan fingerprint density at radius 3 is 2.46 bits per heavy atom. The van der Waals surface area contributed by atoms with E-state index in [2.05, 4.69) is 0 Å². The Kier molecular flexibility index (Phi) is 3.27. The van der Waals surface area contributed by atoms with Crippen LogP contribution in [0.5, 0.6) is 0 Å². The van der Waals surface area contributed by atoms with Gasteiger partial charge in [-0.3, -0.25) is 0 Å². The molecule has 0 amide bonds. The van der Waals surface area contributed by atoms with Crippen molar-refractivity contribution >= 4 is 5.97 Å². The summed E-state index contributed by atoms with van der Waals surface area (Å²) in [5, 5.41) is 0. The second kappa shape index (κ2) is 4.25. The molecule has 0 spiro atoms. The van der Waals surface area contributed by atoms with Crippen LogP contribution in [-0.4, -0.2) is 39.7 Å². The molecule has 0 aromatic carbocycles. The van der Waals surface area contributed by atoms with Crippen molar-refractivity contribution in [2.24, 2.45) is 0 Å². The number of ether oxygens (including phenoxy) is 4. The smallest absolute Gasteiger partial charge is 0.335 e. The van der Waals surface area contributed by atoms with Gasteiger partial charge in [-0.15, -0.1) is 0 Å². The topological polar surface area (TPSA) is 54.0 Å². The predicted molar refractivity (Wildman–Crippen MR) is 42.8 cm³/mol. The Morgan fingerprint density at radius 1 is 1.38 bits per heavy atom. The van der Waals surface area contributed by atoms with Crippen LogP contribution in [0.25, 0.3) is 0 Å². The first-order chi connectivity index (χ1) is 6.22. The number of cyclic esters (lactones) is 1. The second-order valence-corrected chi connectivity index (χ2v) is 2.45. The summed E-state index contributed by atoms with van der Waals surface area (Å²) in [5.41, 5.74) is 0. The first-order valence-corrected chi connectivity index (χ1v) is 3.74. The van der Waals surface area contributed by atoms with Gasteiger partial charge in [-0.1, -0.05) is 0 Å². The normalized spacial score (nSPS) is 21.7. The molecule has 0 fully saturated rings. The molecule has 0 saturated carbocycles. The molecule has 1 atom stereocenters. The van der Waals surface area contributed by atoms with Crippen molar-refractivity contribution in [3.05, 3.63) is 11.8 Å². The maximum absolute atomic E-state index is 10.9. The molecule has 13 heavy (non-hydrogen) atoms. The summed E-state index contributed by atoms with van der Waals surface area (Å²) in [5.74, 6) is -0.0281. The van der Waals surface area contributed by atoms with Crippen LogP contribution in [0.1, 0.15) is 0 Å². The standard InChI is InChI=1S/C8H12O5/c1-10-5-4-6(9)13-7(5)8(11-2)12-3/h4,7-8H,1-3H3. The number of esters is 1. The fourth-order valence-electron chi connectivity index (χ4n) is 1.12. The van der Waals surface area contributed by atoms with E-state index in [1.54, 1.807) is 0 Å². The summed E-state index contributed by atoms with van der Waals surface area (Å²) < 4.78 is 19.7. The van der Waals surface area contributed by atoms with E-state index < -0.39 is 18.4 Å². The van der Waals surface area contributed by atoms with Gasteiger partial charge in [0.2, 0.25) is 12.4 Å². The molecule has 5 heteroatoms. The molecule has 74 valence electrons. The van der Waals surface area contributed by atoms with E-state index in [0.29, 0.717) is 5.76 Å². The maximum atomic E-state index is 10.9. The molecule has 1 unspecified atom stereocenters. The van der Waals surface area contributed by atoms with Gasteiger partial charge in [-0.25, -0.2) is 4.79 Å². The van der Waals surface area contributed by atoms with Crippen molar-refractivity contribution < 1.29 is 23.7 Å². The first-order valence-electron chi connectivity index (χ1n) is 3.74.